The van der Waals surface area contributed by atoms with Gasteiger partial charge in [-0.25, -0.2) is 17.5 Å². The third-order valence-electron chi connectivity index (χ3n) is 8.02. The van der Waals surface area contributed by atoms with Crippen molar-refractivity contribution in [1.82, 2.24) is 13.3 Å². The molecule has 11 nitrogen and oxygen atoms in total. The first-order valence-electron chi connectivity index (χ1n) is 12.1. The number of carbonyl (C=O) groups excluding carboxylic acids is 1. The minimum atomic E-state index is -4.17. The molecule has 198 valence electrons. The molecule has 0 radical (unpaired) electrons. The van der Waals surface area contributed by atoms with Crippen LogP contribution in [0.5, 0.6) is 0 Å². The zero-order valence-corrected chi connectivity index (χ0v) is 20.9. The van der Waals surface area contributed by atoms with Crippen LogP contribution in [0.1, 0.15) is 25.7 Å². The maximum Gasteiger partial charge on any atom is 0.304 e. The number of hydrogen-bond acceptors (Lipinski definition) is 8. The Labute approximate surface area is 204 Å². The first-order valence-corrected chi connectivity index (χ1v) is 15.1. The van der Waals surface area contributed by atoms with Crippen LogP contribution in [-0.4, -0.2) is 106 Å². The lowest BCUT2D eigenvalue weighted by Gasteiger charge is -2.48. The Morgan fingerprint density at radius 2 is 2.00 bits per heavy atom. The molecule has 7 atom stereocenters. The molecule has 2 N–H and O–H groups in total. The van der Waals surface area contributed by atoms with E-state index in [1.165, 1.54) is 4.31 Å². The van der Waals surface area contributed by atoms with Gasteiger partial charge in [0.05, 0.1) is 50.4 Å². The van der Waals surface area contributed by atoms with Crippen molar-refractivity contribution in [2.45, 2.75) is 50.1 Å². The molecule has 0 bridgehead atoms. The topological polar surface area (TPSA) is 143 Å². The van der Waals surface area contributed by atoms with E-state index in [1.54, 1.807) is 0 Å². The van der Waals surface area contributed by atoms with Crippen molar-refractivity contribution in [2.24, 2.45) is 17.8 Å². The molecule has 5 rings (SSSR count). The lowest BCUT2D eigenvalue weighted by molar-refractivity contribution is -0.119. The quantitative estimate of drug-likeness (QED) is 0.432. The summed E-state index contributed by atoms with van der Waals surface area (Å²) in [6.07, 6.45) is 0.732. The molecule has 0 spiro atoms. The SMILES string of the molecule is O=C1CN(C2C(O)CC3CCC(C4=CCN(S(=O)(=O)CC5COCCO5)C4)CC3C2F)S(=O)(=O)N1. The number of aliphatic hydroxyl groups excluding tert-OH is 1. The molecule has 0 aromatic rings. The number of hydrogen-bond donors (Lipinski definition) is 2. The second-order valence-electron chi connectivity index (χ2n) is 10.2. The summed E-state index contributed by atoms with van der Waals surface area (Å²) in [5, 5.41) is 10.6. The van der Waals surface area contributed by atoms with Crippen molar-refractivity contribution in [3.63, 3.8) is 0 Å². The number of alkyl halides is 1. The molecule has 2 saturated carbocycles. The Bertz CT molecular complexity index is 1080. The Kier molecular flexibility index (Phi) is 7.00. The Morgan fingerprint density at radius 3 is 2.69 bits per heavy atom. The smallest absolute Gasteiger partial charge is 0.304 e. The standard InChI is InChI=1S/C21H32FN3O8S2/c22-20-17-7-13(15-3-4-24(9-15)34(28,29)12-16-11-32-5-6-33-16)1-2-14(17)8-18(26)21(20)25-10-19(27)23-35(25,30)31/h3,13-14,16-18,20-21,26H,1-2,4-12H2,(H,23,27). The molecule has 2 aliphatic carbocycles. The summed E-state index contributed by atoms with van der Waals surface area (Å²) in [6.45, 7) is 1.09. The number of nitrogens with zero attached hydrogens (tertiary/aromatic N) is 2. The zero-order valence-electron chi connectivity index (χ0n) is 19.3. The number of ether oxygens (including phenoxy) is 2. The molecule has 14 heteroatoms. The Hall–Kier alpha value is -1.16. The first-order chi connectivity index (χ1) is 16.5. The summed E-state index contributed by atoms with van der Waals surface area (Å²) in [5.74, 6) is -1.48. The lowest BCUT2D eigenvalue weighted by Crippen LogP contribution is -2.58. The fourth-order valence-electron chi connectivity index (χ4n) is 6.31. The number of carbonyl (C=O) groups is 1. The van der Waals surface area contributed by atoms with Gasteiger partial charge in [0, 0.05) is 13.1 Å². The summed E-state index contributed by atoms with van der Waals surface area (Å²) in [4.78, 5) is 11.7. The summed E-state index contributed by atoms with van der Waals surface area (Å²) >= 11 is 0. The molecule has 35 heavy (non-hydrogen) atoms. The van der Waals surface area contributed by atoms with Gasteiger partial charge in [0.25, 0.3) is 0 Å². The van der Waals surface area contributed by atoms with E-state index in [4.69, 9.17) is 9.47 Å². The van der Waals surface area contributed by atoms with E-state index >= 15 is 4.39 Å². The third kappa shape index (κ3) is 5.03. The van der Waals surface area contributed by atoms with Crippen LogP contribution in [0.15, 0.2) is 11.6 Å². The molecule has 7 unspecified atom stereocenters. The largest absolute Gasteiger partial charge is 0.391 e. The van der Waals surface area contributed by atoms with Gasteiger partial charge in [0.15, 0.2) is 0 Å². The van der Waals surface area contributed by atoms with Gasteiger partial charge in [-0.2, -0.15) is 17.0 Å². The van der Waals surface area contributed by atoms with Crippen LogP contribution in [-0.2, 0) is 34.5 Å². The lowest BCUT2D eigenvalue weighted by atomic mass is 9.63. The van der Waals surface area contributed by atoms with Crippen LogP contribution in [0.4, 0.5) is 4.39 Å². The number of amides is 1. The van der Waals surface area contributed by atoms with E-state index in [1.807, 2.05) is 10.8 Å². The predicted octanol–water partition coefficient (Wildman–Crippen LogP) is -0.846. The van der Waals surface area contributed by atoms with Crippen LogP contribution in [0.2, 0.25) is 0 Å². The predicted molar refractivity (Wildman–Crippen MR) is 121 cm³/mol. The van der Waals surface area contributed by atoms with Gasteiger partial charge in [-0.1, -0.05) is 11.6 Å². The molecule has 3 aliphatic heterocycles. The maximum absolute atomic E-state index is 15.8. The normalized spacial score (nSPS) is 40.8. The molecule has 5 aliphatic rings. The van der Waals surface area contributed by atoms with E-state index in [9.17, 15) is 26.7 Å². The van der Waals surface area contributed by atoms with Gasteiger partial charge >= 0.3 is 10.2 Å². The Morgan fingerprint density at radius 1 is 1.20 bits per heavy atom. The fourth-order valence-corrected chi connectivity index (χ4v) is 9.17. The maximum atomic E-state index is 15.8. The van der Waals surface area contributed by atoms with Crippen LogP contribution in [0.3, 0.4) is 0 Å². The number of halogens is 1. The second kappa shape index (κ2) is 9.62. The third-order valence-corrected chi connectivity index (χ3v) is 11.4. The van der Waals surface area contributed by atoms with Crippen molar-refractivity contribution in [2.75, 3.05) is 45.2 Å². The number of aliphatic hydroxyl groups is 1. The number of fused-ring (bicyclic) bond motifs is 1. The molecule has 0 aromatic carbocycles. The fraction of sp³-hybridized carbons (Fsp3) is 0.857. The average molecular weight is 538 g/mol. The highest BCUT2D eigenvalue weighted by atomic mass is 32.2. The summed E-state index contributed by atoms with van der Waals surface area (Å²) in [7, 11) is -7.73. The number of rotatable bonds is 5. The number of nitrogens with one attached hydrogen (secondary N) is 1. The van der Waals surface area contributed by atoms with Gasteiger partial charge in [-0.05, 0) is 43.4 Å². The van der Waals surface area contributed by atoms with Crippen molar-refractivity contribution in [3.8, 4) is 0 Å². The van der Waals surface area contributed by atoms with Gasteiger partial charge < -0.3 is 14.6 Å². The van der Waals surface area contributed by atoms with Crippen LogP contribution < -0.4 is 4.72 Å². The molecule has 0 aromatic heterocycles. The van der Waals surface area contributed by atoms with Crippen molar-refractivity contribution in [3.05, 3.63) is 11.6 Å². The van der Waals surface area contributed by atoms with E-state index in [0.29, 0.717) is 26.1 Å². The van der Waals surface area contributed by atoms with Crippen molar-refractivity contribution < 1.29 is 40.6 Å². The summed E-state index contributed by atoms with van der Waals surface area (Å²) < 4.78 is 81.0. The van der Waals surface area contributed by atoms with E-state index in [0.717, 1.165) is 16.3 Å². The molecular weight excluding hydrogens is 505 g/mol. The molecule has 1 amide bonds. The average Bonchev–Trinajstić information content (AvgIpc) is 3.39. The van der Waals surface area contributed by atoms with E-state index in [-0.39, 0.29) is 43.7 Å². The summed E-state index contributed by atoms with van der Waals surface area (Å²) in [5.41, 5.74) is 0.952. The van der Waals surface area contributed by atoms with E-state index < -0.39 is 63.0 Å². The molecular formula is C21H32FN3O8S2. The van der Waals surface area contributed by atoms with Crippen LogP contribution in [0.25, 0.3) is 0 Å². The Balaban J connectivity index is 1.24. The van der Waals surface area contributed by atoms with Gasteiger partial charge in [0.2, 0.25) is 15.9 Å². The van der Waals surface area contributed by atoms with Gasteiger partial charge in [-0.15, -0.1) is 0 Å². The van der Waals surface area contributed by atoms with Crippen molar-refractivity contribution in [1.29, 1.82) is 0 Å². The minimum Gasteiger partial charge on any atom is -0.391 e. The van der Waals surface area contributed by atoms with Crippen molar-refractivity contribution >= 4 is 26.1 Å². The first kappa shape index (κ1) is 25.5. The van der Waals surface area contributed by atoms with E-state index in [2.05, 4.69) is 0 Å². The van der Waals surface area contributed by atoms with Gasteiger partial charge in [0.1, 0.15) is 6.17 Å². The number of sulfonamides is 1. The highest BCUT2D eigenvalue weighted by Gasteiger charge is 2.54. The van der Waals surface area contributed by atoms with Crippen LogP contribution >= 0.6 is 0 Å². The minimum absolute atomic E-state index is 0.0187. The monoisotopic (exact) mass is 537 g/mol. The van der Waals surface area contributed by atoms with Crippen LogP contribution in [0, 0.1) is 17.8 Å². The molecule has 3 heterocycles. The van der Waals surface area contributed by atoms with Gasteiger partial charge in [-0.3, -0.25) is 4.79 Å². The highest BCUT2D eigenvalue weighted by Crippen LogP contribution is 2.48. The second-order valence-corrected chi connectivity index (χ2v) is 13.8. The highest BCUT2D eigenvalue weighted by molar-refractivity contribution is 7.89. The molecule has 4 fully saturated rings. The summed E-state index contributed by atoms with van der Waals surface area (Å²) in [6, 6.07) is -1.31. The molecule has 2 saturated heterocycles. The zero-order chi connectivity index (χ0) is 25.0.